The van der Waals surface area contributed by atoms with E-state index in [1.165, 1.54) is 25.0 Å². The van der Waals surface area contributed by atoms with Gasteiger partial charge in [0, 0.05) is 12.8 Å². The van der Waals surface area contributed by atoms with Crippen LogP contribution in [0.3, 0.4) is 0 Å². The van der Waals surface area contributed by atoms with Crippen LogP contribution in [0.5, 0.6) is 5.75 Å². The van der Waals surface area contributed by atoms with E-state index >= 15 is 0 Å². The molecule has 1 aromatic rings. The predicted molar refractivity (Wildman–Crippen MR) is 129 cm³/mol. The summed E-state index contributed by atoms with van der Waals surface area (Å²) in [5.74, 6) is -1.20. The molecule has 0 aliphatic carbocycles. The van der Waals surface area contributed by atoms with Crippen molar-refractivity contribution < 1.29 is 19.8 Å². The molecule has 0 spiro atoms. The van der Waals surface area contributed by atoms with Gasteiger partial charge in [-0.05, 0) is 89.1 Å². The van der Waals surface area contributed by atoms with Crippen molar-refractivity contribution in [3.05, 3.63) is 29.8 Å². The maximum absolute atomic E-state index is 11.4. The van der Waals surface area contributed by atoms with Crippen LogP contribution in [0.15, 0.2) is 24.3 Å². The van der Waals surface area contributed by atoms with Gasteiger partial charge in [0.25, 0.3) is 0 Å². The van der Waals surface area contributed by atoms with Crippen molar-refractivity contribution in [3.63, 3.8) is 0 Å². The van der Waals surface area contributed by atoms with Crippen LogP contribution >= 0.6 is 0 Å². The van der Waals surface area contributed by atoms with E-state index in [0.29, 0.717) is 12.8 Å². The van der Waals surface area contributed by atoms with Crippen LogP contribution in [0.1, 0.15) is 51.0 Å². The molecule has 9 nitrogen and oxygen atoms in total. The lowest BCUT2D eigenvalue weighted by atomic mass is 10.1. The van der Waals surface area contributed by atoms with Crippen LogP contribution in [0.4, 0.5) is 0 Å². The SMILES string of the molecule is CCCC(=O)N[C@@H](Cc1ccc(O)cc1)C(=O)O.NCCCNCCCCNCCCN. The summed E-state index contributed by atoms with van der Waals surface area (Å²) in [6, 6.07) is 5.31. The number of carboxylic acids is 1. The molecule has 0 aliphatic heterocycles. The molecule has 32 heavy (non-hydrogen) atoms. The summed E-state index contributed by atoms with van der Waals surface area (Å²) in [5, 5.41) is 27.4. The first kappa shape index (κ1) is 29.8. The van der Waals surface area contributed by atoms with Gasteiger partial charge in [0.1, 0.15) is 11.8 Å². The van der Waals surface area contributed by atoms with Gasteiger partial charge in [-0.3, -0.25) is 4.79 Å². The van der Waals surface area contributed by atoms with Gasteiger partial charge in [0.15, 0.2) is 0 Å². The third-order valence-electron chi connectivity index (χ3n) is 4.56. The van der Waals surface area contributed by atoms with Gasteiger partial charge in [0.05, 0.1) is 0 Å². The molecular weight excluding hydrogens is 410 g/mol. The number of rotatable bonds is 17. The number of phenolic OH excluding ortho intramolecular Hbond substituents is 1. The molecule has 0 saturated carbocycles. The molecule has 9 heteroatoms. The van der Waals surface area contributed by atoms with E-state index in [4.69, 9.17) is 21.7 Å². The fraction of sp³-hybridized carbons (Fsp3) is 0.652. The highest BCUT2D eigenvalue weighted by Crippen LogP contribution is 2.11. The first-order valence-corrected chi connectivity index (χ1v) is 11.6. The van der Waals surface area contributed by atoms with Crippen LogP contribution in [0, 0.1) is 0 Å². The van der Waals surface area contributed by atoms with Gasteiger partial charge in [-0.2, -0.15) is 0 Å². The average molecular weight is 454 g/mol. The third kappa shape index (κ3) is 17.5. The summed E-state index contributed by atoms with van der Waals surface area (Å²) in [4.78, 5) is 22.4. The van der Waals surface area contributed by atoms with Gasteiger partial charge in [0.2, 0.25) is 5.91 Å². The smallest absolute Gasteiger partial charge is 0.326 e. The van der Waals surface area contributed by atoms with E-state index < -0.39 is 12.0 Å². The second-order valence-electron chi connectivity index (χ2n) is 7.57. The molecule has 1 atom stereocenters. The quantitative estimate of drug-likeness (QED) is 0.171. The zero-order chi connectivity index (χ0) is 24.0. The lowest BCUT2D eigenvalue weighted by Crippen LogP contribution is -2.42. The summed E-state index contributed by atoms with van der Waals surface area (Å²) in [7, 11) is 0. The van der Waals surface area contributed by atoms with Crippen molar-refractivity contribution >= 4 is 11.9 Å². The van der Waals surface area contributed by atoms with Crippen LogP contribution < -0.4 is 27.4 Å². The second kappa shape index (κ2) is 20.7. The molecule has 0 fully saturated rings. The number of hydrogen-bond acceptors (Lipinski definition) is 7. The number of carbonyl (C=O) groups is 2. The van der Waals surface area contributed by atoms with Crippen molar-refractivity contribution in [1.82, 2.24) is 16.0 Å². The number of phenols is 1. The van der Waals surface area contributed by atoms with Crippen molar-refractivity contribution in [2.45, 2.75) is 57.9 Å². The number of hydrogen-bond donors (Lipinski definition) is 7. The minimum absolute atomic E-state index is 0.126. The standard InChI is InChI=1S/C13H17NO4.C10H26N4/c1-2-3-12(16)14-11(13(17)18)8-9-4-6-10(15)7-5-9;11-5-3-9-13-7-1-2-8-14-10-4-6-12/h4-7,11,15H,2-3,8H2,1H3,(H,14,16)(H,17,18);13-14H,1-12H2/t11-;/m0./s1. The van der Waals surface area contributed by atoms with Gasteiger partial charge < -0.3 is 37.6 Å². The van der Waals surface area contributed by atoms with Gasteiger partial charge in [-0.25, -0.2) is 4.79 Å². The normalized spacial score (nSPS) is 11.3. The first-order chi connectivity index (χ1) is 15.4. The number of aliphatic carboxylic acids is 1. The molecule has 0 unspecified atom stereocenters. The van der Waals surface area contributed by atoms with Gasteiger partial charge >= 0.3 is 5.97 Å². The molecule has 1 rings (SSSR count). The van der Waals surface area contributed by atoms with Crippen molar-refractivity contribution in [1.29, 1.82) is 0 Å². The fourth-order valence-electron chi connectivity index (χ4n) is 2.77. The molecule has 0 saturated heterocycles. The number of nitrogens with one attached hydrogen (secondary N) is 3. The monoisotopic (exact) mass is 453 g/mol. The zero-order valence-corrected chi connectivity index (χ0v) is 19.4. The molecular formula is C23H43N5O4. The molecule has 9 N–H and O–H groups in total. The molecule has 0 bridgehead atoms. The van der Waals surface area contributed by atoms with Crippen molar-refractivity contribution in [2.24, 2.45) is 11.5 Å². The Labute approximate surface area is 192 Å². The predicted octanol–water partition coefficient (Wildman–Crippen LogP) is 0.948. The summed E-state index contributed by atoms with van der Waals surface area (Å²) in [6.45, 7) is 7.75. The average Bonchev–Trinajstić information content (AvgIpc) is 2.76. The number of unbranched alkanes of at least 4 members (excludes halogenated alkanes) is 1. The van der Waals surface area contributed by atoms with Crippen molar-refractivity contribution in [2.75, 3.05) is 39.3 Å². The second-order valence-corrected chi connectivity index (χ2v) is 7.57. The van der Waals surface area contributed by atoms with Crippen molar-refractivity contribution in [3.8, 4) is 5.75 Å². The maximum atomic E-state index is 11.4. The minimum Gasteiger partial charge on any atom is -0.508 e. The Hall–Kier alpha value is -2.20. The lowest BCUT2D eigenvalue weighted by Gasteiger charge is -2.14. The number of aromatic hydroxyl groups is 1. The Morgan fingerprint density at radius 1 is 0.906 bits per heavy atom. The molecule has 184 valence electrons. The number of nitrogens with two attached hydrogens (primary N) is 2. The summed E-state index contributed by atoms with van der Waals surface area (Å²) < 4.78 is 0. The summed E-state index contributed by atoms with van der Waals surface area (Å²) in [5.41, 5.74) is 11.5. The summed E-state index contributed by atoms with van der Waals surface area (Å²) in [6.07, 6.45) is 5.83. The largest absolute Gasteiger partial charge is 0.508 e. The summed E-state index contributed by atoms with van der Waals surface area (Å²) >= 11 is 0. The maximum Gasteiger partial charge on any atom is 0.326 e. The third-order valence-corrected chi connectivity index (χ3v) is 4.56. The Bertz CT molecular complexity index is 587. The van der Waals surface area contributed by atoms with Gasteiger partial charge in [-0.15, -0.1) is 0 Å². The van der Waals surface area contributed by atoms with E-state index in [1.807, 2.05) is 6.92 Å². The molecule has 0 aromatic heterocycles. The first-order valence-electron chi connectivity index (χ1n) is 11.6. The van der Waals surface area contributed by atoms with Crippen LogP contribution in [-0.2, 0) is 16.0 Å². The number of carboxylic acid groups (broad SMARTS) is 1. The minimum atomic E-state index is -1.06. The number of benzene rings is 1. The lowest BCUT2D eigenvalue weighted by molar-refractivity contribution is -0.141. The molecule has 0 radical (unpaired) electrons. The van der Waals surface area contributed by atoms with E-state index in [0.717, 1.165) is 57.7 Å². The van der Waals surface area contributed by atoms with E-state index in [2.05, 4.69) is 16.0 Å². The van der Waals surface area contributed by atoms with Gasteiger partial charge in [-0.1, -0.05) is 19.1 Å². The molecule has 1 aromatic carbocycles. The van der Waals surface area contributed by atoms with E-state index in [9.17, 15) is 9.59 Å². The number of amides is 1. The van der Waals surface area contributed by atoms with E-state index in [-0.39, 0.29) is 18.1 Å². The van der Waals surface area contributed by atoms with E-state index in [1.54, 1.807) is 12.1 Å². The zero-order valence-electron chi connectivity index (χ0n) is 19.4. The molecule has 0 aliphatic rings. The van der Waals surface area contributed by atoms with Crippen LogP contribution in [0.25, 0.3) is 0 Å². The fourth-order valence-corrected chi connectivity index (χ4v) is 2.77. The Kier molecular flexibility index (Phi) is 19.3. The highest BCUT2D eigenvalue weighted by Gasteiger charge is 2.19. The Balaban J connectivity index is 0.000000622. The highest BCUT2D eigenvalue weighted by molar-refractivity contribution is 5.83. The van der Waals surface area contributed by atoms with Crippen LogP contribution in [0.2, 0.25) is 0 Å². The number of carbonyl (C=O) groups excluding carboxylic acids is 1. The highest BCUT2D eigenvalue weighted by atomic mass is 16.4. The Morgan fingerprint density at radius 2 is 1.41 bits per heavy atom. The molecule has 0 heterocycles. The Morgan fingerprint density at radius 3 is 1.84 bits per heavy atom. The molecule has 1 amide bonds. The van der Waals surface area contributed by atoms with Crippen LogP contribution in [-0.4, -0.2) is 67.4 Å². The topological polar surface area (TPSA) is 163 Å².